The molecule has 4 heterocycles. The van der Waals surface area contributed by atoms with Gasteiger partial charge in [-0.15, -0.1) is 10.2 Å². The van der Waals surface area contributed by atoms with Crippen LogP contribution in [-0.2, 0) is 13.6 Å². The Bertz CT molecular complexity index is 1270. The number of hydrogen-bond donors (Lipinski definition) is 1. The molecule has 0 aliphatic rings. The summed E-state index contributed by atoms with van der Waals surface area (Å²) in [5.74, 6) is 0.940. The highest BCUT2D eigenvalue weighted by atomic mass is 32.2. The fourth-order valence-corrected chi connectivity index (χ4v) is 3.57. The van der Waals surface area contributed by atoms with Gasteiger partial charge in [0.25, 0.3) is 0 Å². The number of rotatable bonds is 5. The number of nitrogens with one attached hydrogen (secondary N) is 1. The van der Waals surface area contributed by atoms with Gasteiger partial charge in [-0.3, -0.25) is 0 Å². The van der Waals surface area contributed by atoms with E-state index in [1.165, 1.54) is 23.9 Å². The number of benzene rings is 1. The maximum Gasteiger partial charge on any atom is 0.198 e. The first kappa shape index (κ1) is 16.8. The average molecular weight is 395 g/mol. The SMILES string of the molecule is Cn1cnnc1Sc1ccc(-c2nc3c(cnn3Cc3cccc(F)c3)[nH]2)o1. The molecule has 0 saturated carbocycles. The molecular formula is C18H14FN7OS. The van der Waals surface area contributed by atoms with E-state index in [9.17, 15) is 4.39 Å². The quantitative estimate of drug-likeness (QED) is 0.490. The summed E-state index contributed by atoms with van der Waals surface area (Å²) in [4.78, 5) is 7.81. The Labute approximate surface area is 162 Å². The zero-order valence-electron chi connectivity index (χ0n) is 14.7. The predicted octanol–water partition coefficient (Wildman–Crippen LogP) is 3.49. The zero-order valence-corrected chi connectivity index (χ0v) is 15.5. The first-order valence-corrected chi connectivity index (χ1v) is 9.25. The van der Waals surface area contributed by atoms with Crippen LogP contribution in [0.4, 0.5) is 4.39 Å². The Morgan fingerprint density at radius 1 is 1.25 bits per heavy atom. The molecule has 8 nitrogen and oxygen atoms in total. The van der Waals surface area contributed by atoms with Gasteiger partial charge in [-0.05, 0) is 41.6 Å². The normalized spacial score (nSPS) is 11.5. The fraction of sp³-hybridized carbons (Fsp3) is 0.111. The Morgan fingerprint density at radius 2 is 2.18 bits per heavy atom. The number of H-pyrrole nitrogens is 1. The summed E-state index contributed by atoms with van der Waals surface area (Å²) in [7, 11) is 1.87. The van der Waals surface area contributed by atoms with Crippen LogP contribution in [0.15, 0.2) is 63.6 Å². The number of halogens is 1. The van der Waals surface area contributed by atoms with Crippen molar-refractivity contribution in [2.24, 2.45) is 7.05 Å². The molecule has 28 heavy (non-hydrogen) atoms. The summed E-state index contributed by atoms with van der Waals surface area (Å²) in [6, 6.07) is 10.2. The number of imidazole rings is 1. The standard InChI is InChI=1S/C18H14FN7OS/c1-25-10-20-24-18(25)28-15-6-5-14(27-15)16-22-13-8-21-26(17(13)23-16)9-11-3-2-4-12(19)7-11/h2-8,10H,9H2,1H3,(H,22,23). The minimum atomic E-state index is -0.271. The van der Waals surface area contributed by atoms with Crippen LogP contribution in [0.3, 0.4) is 0 Å². The topological polar surface area (TPSA) is 90.4 Å². The molecule has 0 atom stereocenters. The number of aromatic amines is 1. The van der Waals surface area contributed by atoms with Gasteiger partial charge in [-0.25, -0.2) is 14.1 Å². The number of aryl methyl sites for hydroxylation is 1. The summed E-state index contributed by atoms with van der Waals surface area (Å²) in [5.41, 5.74) is 2.28. The van der Waals surface area contributed by atoms with Gasteiger partial charge in [-0.2, -0.15) is 5.10 Å². The van der Waals surface area contributed by atoms with Gasteiger partial charge in [0.05, 0.1) is 12.7 Å². The Morgan fingerprint density at radius 3 is 3.00 bits per heavy atom. The lowest BCUT2D eigenvalue weighted by atomic mass is 10.2. The molecule has 140 valence electrons. The van der Waals surface area contributed by atoms with Crippen LogP contribution >= 0.6 is 11.8 Å². The summed E-state index contributed by atoms with van der Waals surface area (Å²) in [5, 5.41) is 13.6. The monoisotopic (exact) mass is 395 g/mol. The van der Waals surface area contributed by atoms with Gasteiger partial charge in [0, 0.05) is 7.05 Å². The van der Waals surface area contributed by atoms with Gasteiger partial charge in [0.15, 0.2) is 27.5 Å². The molecule has 0 aliphatic carbocycles. The summed E-state index contributed by atoms with van der Waals surface area (Å²) in [6.45, 7) is 0.428. The molecule has 0 unspecified atom stereocenters. The number of nitrogens with zero attached hydrogens (tertiary/aromatic N) is 6. The van der Waals surface area contributed by atoms with E-state index < -0.39 is 0 Å². The van der Waals surface area contributed by atoms with Crippen LogP contribution in [-0.4, -0.2) is 34.5 Å². The van der Waals surface area contributed by atoms with Crippen LogP contribution in [0, 0.1) is 5.82 Å². The van der Waals surface area contributed by atoms with E-state index >= 15 is 0 Å². The predicted molar refractivity (Wildman–Crippen MR) is 100 cm³/mol. The first-order valence-electron chi connectivity index (χ1n) is 8.44. The van der Waals surface area contributed by atoms with Crippen molar-refractivity contribution < 1.29 is 8.81 Å². The first-order chi connectivity index (χ1) is 13.7. The molecule has 4 aromatic heterocycles. The van der Waals surface area contributed by atoms with E-state index in [1.807, 2.05) is 29.8 Å². The highest BCUT2D eigenvalue weighted by Crippen LogP contribution is 2.31. The molecule has 10 heteroatoms. The highest BCUT2D eigenvalue weighted by molar-refractivity contribution is 7.99. The van der Waals surface area contributed by atoms with Crippen molar-refractivity contribution in [1.82, 2.24) is 34.5 Å². The lowest BCUT2D eigenvalue weighted by Crippen LogP contribution is -2.02. The second kappa shape index (κ2) is 6.64. The van der Waals surface area contributed by atoms with Crippen molar-refractivity contribution in [3.63, 3.8) is 0 Å². The van der Waals surface area contributed by atoms with Crippen molar-refractivity contribution in [2.45, 2.75) is 16.8 Å². The Balaban J connectivity index is 1.41. The second-order valence-electron chi connectivity index (χ2n) is 6.20. The van der Waals surface area contributed by atoms with Crippen LogP contribution in [0.25, 0.3) is 22.7 Å². The smallest absolute Gasteiger partial charge is 0.198 e. The third-order valence-corrected chi connectivity index (χ3v) is 5.15. The van der Waals surface area contributed by atoms with E-state index in [0.717, 1.165) is 16.2 Å². The van der Waals surface area contributed by atoms with Crippen LogP contribution in [0.5, 0.6) is 0 Å². The van der Waals surface area contributed by atoms with E-state index in [4.69, 9.17) is 4.42 Å². The van der Waals surface area contributed by atoms with Crippen molar-refractivity contribution in [2.75, 3.05) is 0 Å². The zero-order chi connectivity index (χ0) is 19.1. The molecular weight excluding hydrogens is 381 g/mol. The van der Waals surface area contributed by atoms with Crippen molar-refractivity contribution in [3.05, 3.63) is 60.3 Å². The van der Waals surface area contributed by atoms with Crippen LogP contribution < -0.4 is 0 Å². The molecule has 0 aliphatic heterocycles. The van der Waals surface area contributed by atoms with Crippen molar-refractivity contribution >= 4 is 22.9 Å². The number of furan rings is 1. The minimum absolute atomic E-state index is 0.271. The lowest BCUT2D eigenvalue weighted by molar-refractivity contribution is 0.484. The number of hydrogen-bond acceptors (Lipinski definition) is 6. The molecule has 5 rings (SSSR count). The van der Waals surface area contributed by atoms with E-state index in [0.29, 0.717) is 28.9 Å². The van der Waals surface area contributed by atoms with Gasteiger partial charge >= 0.3 is 0 Å². The van der Waals surface area contributed by atoms with Gasteiger partial charge in [0.1, 0.15) is 17.7 Å². The van der Waals surface area contributed by atoms with Crippen molar-refractivity contribution in [3.8, 4) is 11.6 Å². The maximum atomic E-state index is 13.4. The largest absolute Gasteiger partial charge is 0.446 e. The molecule has 0 saturated heterocycles. The van der Waals surface area contributed by atoms with Crippen LogP contribution in [0.2, 0.25) is 0 Å². The summed E-state index contributed by atoms with van der Waals surface area (Å²) >= 11 is 1.38. The minimum Gasteiger partial charge on any atom is -0.446 e. The van der Waals surface area contributed by atoms with Crippen molar-refractivity contribution in [1.29, 1.82) is 0 Å². The molecule has 5 aromatic rings. The third-order valence-electron chi connectivity index (χ3n) is 4.18. The molecule has 1 aromatic carbocycles. The molecule has 0 radical (unpaired) electrons. The molecule has 0 fully saturated rings. The molecule has 0 amide bonds. The maximum absolute atomic E-state index is 13.4. The summed E-state index contributed by atoms with van der Waals surface area (Å²) < 4.78 is 22.8. The van der Waals surface area contributed by atoms with E-state index in [-0.39, 0.29) is 5.82 Å². The Kier molecular flexibility index (Phi) is 3.97. The average Bonchev–Trinajstić information content (AvgIpc) is 3.43. The molecule has 0 bridgehead atoms. The van der Waals surface area contributed by atoms with Gasteiger partial charge < -0.3 is 14.0 Å². The summed E-state index contributed by atoms with van der Waals surface area (Å²) in [6.07, 6.45) is 3.33. The highest BCUT2D eigenvalue weighted by Gasteiger charge is 2.15. The Hall–Kier alpha value is -3.40. The van der Waals surface area contributed by atoms with E-state index in [2.05, 4.69) is 25.3 Å². The molecule has 1 N–H and O–H groups in total. The second-order valence-corrected chi connectivity index (χ2v) is 7.17. The van der Waals surface area contributed by atoms with E-state index in [1.54, 1.807) is 23.3 Å². The number of fused-ring (bicyclic) bond motifs is 1. The molecule has 0 spiro atoms. The number of aromatic nitrogens is 7. The van der Waals surface area contributed by atoms with Crippen LogP contribution in [0.1, 0.15) is 5.56 Å². The van der Waals surface area contributed by atoms with Gasteiger partial charge in [-0.1, -0.05) is 12.1 Å². The van der Waals surface area contributed by atoms with Gasteiger partial charge in [0.2, 0.25) is 0 Å². The third kappa shape index (κ3) is 3.07. The fourth-order valence-electron chi connectivity index (χ4n) is 2.84. The lowest BCUT2D eigenvalue weighted by Gasteiger charge is -2.02.